The Kier molecular flexibility index (Phi) is 10.4. The van der Waals surface area contributed by atoms with Crippen molar-refractivity contribution in [2.75, 3.05) is 25.0 Å². The van der Waals surface area contributed by atoms with Crippen molar-refractivity contribution >= 4 is 17.5 Å². The predicted octanol–water partition coefficient (Wildman–Crippen LogP) is 6.65. The number of carbonyl (C=O) groups is 2. The van der Waals surface area contributed by atoms with Crippen LogP contribution in [-0.4, -0.2) is 51.4 Å². The van der Waals surface area contributed by atoms with Gasteiger partial charge in [0.2, 0.25) is 5.91 Å². The van der Waals surface area contributed by atoms with E-state index in [1.54, 1.807) is 19.2 Å². The number of benzene rings is 1. The topological polar surface area (TPSA) is 91.0 Å². The van der Waals surface area contributed by atoms with Gasteiger partial charge in [0.05, 0.1) is 5.69 Å². The molecule has 7 heteroatoms. The first-order valence-corrected chi connectivity index (χ1v) is 14.6. The van der Waals surface area contributed by atoms with Crippen LogP contribution in [0.15, 0.2) is 60.8 Å². The number of carbonyl (C=O) groups excluding carboxylic acids is 2. The third kappa shape index (κ3) is 8.71. The van der Waals surface area contributed by atoms with Crippen molar-refractivity contribution in [2.45, 2.75) is 71.6 Å². The fourth-order valence-electron chi connectivity index (χ4n) is 5.29. The smallest absolute Gasteiger partial charge is 0.249 e. The maximum Gasteiger partial charge on any atom is 0.249 e. The average molecular weight is 542 g/mol. The van der Waals surface area contributed by atoms with Crippen LogP contribution in [-0.2, 0) is 9.59 Å². The highest BCUT2D eigenvalue weighted by molar-refractivity contribution is 5.98. The summed E-state index contributed by atoms with van der Waals surface area (Å²) < 4.78 is 0. The number of hydrogen-bond donors (Lipinski definition) is 2. The van der Waals surface area contributed by atoms with Crippen LogP contribution < -0.4 is 5.32 Å². The number of hydrogen-bond acceptors (Lipinski definition) is 5. The van der Waals surface area contributed by atoms with Gasteiger partial charge in [-0.15, -0.1) is 0 Å². The van der Waals surface area contributed by atoms with Crippen LogP contribution in [0.2, 0.25) is 0 Å². The molecule has 3 heterocycles. The molecule has 1 atom stereocenters. The molecule has 7 nitrogen and oxygen atoms in total. The number of nitrogens with one attached hydrogen (secondary N) is 2. The lowest BCUT2D eigenvalue weighted by Gasteiger charge is -2.24. The highest BCUT2D eigenvalue weighted by Crippen LogP contribution is 2.38. The molecule has 1 aromatic carbocycles. The number of likely N-dealkylation sites (tertiary alicyclic amines) is 1. The molecule has 1 amide bonds. The first-order chi connectivity index (χ1) is 19.3. The van der Waals surface area contributed by atoms with Crippen LogP contribution in [0.5, 0.6) is 0 Å². The van der Waals surface area contributed by atoms with Crippen LogP contribution in [0.1, 0.15) is 81.7 Å². The van der Waals surface area contributed by atoms with Crippen molar-refractivity contribution in [1.82, 2.24) is 20.1 Å². The second kappa shape index (κ2) is 14.2. The van der Waals surface area contributed by atoms with Crippen LogP contribution in [0.4, 0.5) is 5.82 Å². The van der Waals surface area contributed by atoms with Gasteiger partial charge in [-0.2, -0.15) is 5.10 Å². The Balaban J connectivity index is 0.000000343. The number of ketones is 1. The van der Waals surface area contributed by atoms with Gasteiger partial charge in [-0.3, -0.25) is 19.6 Å². The van der Waals surface area contributed by atoms with E-state index < -0.39 is 0 Å². The largest absolute Gasteiger partial charge is 0.307 e. The van der Waals surface area contributed by atoms with Crippen molar-refractivity contribution in [3.8, 4) is 11.1 Å². The zero-order valence-electron chi connectivity index (χ0n) is 24.3. The van der Waals surface area contributed by atoms with Gasteiger partial charge < -0.3 is 5.32 Å². The van der Waals surface area contributed by atoms with Crippen LogP contribution in [0.25, 0.3) is 11.1 Å². The molecule has 2 N–H and O–H groups in total. The molecule has 0 bridgehead atoms. The number of Topliss-reactive ketones (excluding diaryl/α,β-unsaturated/α-hetero) is 1. The zero-order valence-corrected chi connectivity index (χ0v) is 24.3. The number of anilines is 1. The number of aryl methyl sites for hydroxylation is 1. The fraction of sp³-hybridized carbons (Fsp3) is 0.455. The molecule has 1 aliphatic carbocycles. The van der Waals surface area contributed by atoms with E-state index in [0.29, 0.717) is 5.82 Å². The minimum Gasteiger partial charge on any atom is -0.307 e. The van der Waals surface area contributed by atoms with Crippen LogP contribution in [0, 0.1) is 12.8 Å². The zero-order chi connectivity index (χ0) is 28.5. The van der Waals surface area contributed by atoms with Crippen molar-refractivity contribution < 1.29 is 9.59 Å². The Morgan fingerprint density at radius 2 is 1.85 bits per heavy atom. The second-order valence-electron chi connectivity index (χ2n) is 11.4. The number of amides is 1. The van der Waals surface area contributed by atoms with Crippen molar-refractivity contribution in [3.05, 3.63) is 77.8 Å². The Bertz CT molecular complexity index is 1280. The molecule has 3 aromatic rings. The number of nitrogens with zero attached hydrogens (tertiary/aromatic N) is 3. The molecule has 1 unspecified atom stereocenters. The first kappa shape index (κ1) is 29.4. The molecule has 1 saturated carbocycles. The summed E-state index contributed by atoms with van der Waals surface area (Å²) in [7, 11) is 0. The summed E-state index contributed by atoms with van der Waals surface area (Å²) in [5, 5.41) is 9.91. The van der Waals surface area contributed by atoms with E-state index in [4.69, 9.17) is 0 Å². The van der Waals surface area contributed by atoms with Gasteiger partial charge in [-0.25, -0.2) is 4.98 Å². The van der Waals surface area contributed by atoms with E-state index in [0.717, 1.165) is 42.2 Å². The van der Waals surface area contributed by atoms with Crippen LogP contribution >= 0.6 is 0 Å². The maximum atomic E-state index is 12.2. The Morgan fingerprint density at radius 1 is 1.07 bits per heavy atom. The molecule has 1 aliphatic heterocycles. The van der Waals surface area contributed by atoms with Gasteiger partial charge in [-0.1, -0.05) is 50.6 Å². The highest BCUT2D eigenvalue weighted by atomic mass is 16.1. The third-order valence-corrected chi connectivity index (χ3v) is 7.50. The molecule has 0 radical (unpaired) electrons. The Hall–Kier alpha value is -3.58. The molecule has 2 aromatic heterocycles. The van der Waals surface area contributed by atoms with E-state index in [1.807, 2.05) is 43.3 Å². The number of H-pyrrole nitrogens is 1. The monoisotopic (exact) mass is 541 g/mol. The first-order valence-electron chi connectivity index (χ1n) is 14.6. The van der Waals surface area contributed by atoms with Crippen molar-refractivity contribution in [2.24, 2.45) is 5.92 Å². The van der Waals surface area contributed by atoms with Gasteiger partial charge in [0, 0.05) is 41.9 Å². The molecular formula is C33H43N5O2. The normalized spacial score (nSPS) is 16.4. The number of aromatic amines is 1. The van der Waals surface area contributed by atoms with Crippen LogP contribution in [0.3, 0.4) is 0 Å². The van der Waals surface area contributed by atoms with Gasteiger partial charge >= 0.3 is 0 Å². The maximum absolute atomic E-state index is 12.2. The lowest BCUT2D eigenvalue weighted by Crippen LogP contribution is -2.29. The number of aromatic nitrogens is 3. The van der Waals surface area contributed by atoms with E-state index >= 15 is 0 Å². The standard InChI is InChI=1S/C26H33N3O2.C7H10N2/c1-19(2)26(20(3)30)22-10-7-9-21(17-22)23-12-13-24(27-18-23)28-25(31)11-8-16-29-14-5-4-6-15-29;1-5-4-7(9-8-5)6-2-3-6/h7-13,17-19,26H,4-6,14-16H2,1-3H3,(H,27,28,31);4,6H,2-3H2,1H3,(H,8,9)/b11-8+;. The molecule has 1 saturated heterocycles. The lowest BCUT2D eigenvalue weighted by molar-refractivity contribution is -0.119. The highest BCUT2D eigenvalue weighted by Gasteiger charge is 2.25. The van der Waals surface area contributed by atoms with E-state index in [1.165, 1.54) is 43.5 Å². The second-order valence-corrected chi connectivity index (χ2v) is 11.4. The molecule has 0 spiro atoms. The molecule has 5 rings (SSSR count). The van der Waals surface area contributed by atoms with Gasteiger partial charge in [0.25, 0.3) is 0 Å². The summed E-state index contributed by atoms with van der Waals surface area (Å²) in [4.78, 5) is 31.0. The van der Waals surface area contributed by atoms with E-state index in [9.17, 15) is 9.59 Å². The van der Waals surface area contributed by atoms with Crippen molar-refractivity contribution in [3.63, 3.8) is 0 Å². The predicted molar refractivity (Wildman–Crippen MR) is 161 cm³/mol. The Labute approximate surface area is 238 Å². The quantitative estimate of drug-likeness (QED) is 0.296. The molecule has 40 heavy (non-hydrogen) atoms. The number of rotatable bonds is 9. The number of pyridine rings is 1. The van der Waals surface area contributed by atoms with Gasteiger partial charge in [-0.05, 0) is 87.9 Å². The third-order valence-electron chi connectivity index (χ3n) is 7.50. The summed E-state index contributed by atoms with van der Waals surface area (Å²) in [6.07, 6.45) is 11.7. The van der Waals surface area contributed by atoms with Gasteiger partial charge in [0.15, 0.2) is 0 Å². The van der Waals surface area contributed by atoms with Crippen molar-refractivity contribution in [1.29, 1.82) is 0 Å². The summed E-state index contributed by atoms with van der Waals surface area (Å²) in [5.41, 5.74) is 5.42. The molecule has 2 fully saturated rings. The Morgan fingerprint density at radius 3 is 2.45 bits per heavy atom. The fourth-order valence-corrected chi connectivity index (χ4v) is 5.29. The molecular weight excluding hydrogens is 498 g/mol. The minimum atomic E-state index is -0.166. The summed E-state index contributed by atoms with van der Waals surface area (Å²) in [6, 6.07) is 13.9. The van der Waals surface area contributed by atoms with E-state index in [-0.39, 0.29) is 23.5 Å². The summed E-state index contributed by atoms with van der Waals surface area (Å²) in [5.74, 6) is 1.46. The SMILES string of the molecule is CC(=O)C(c1cccc(-c2ccc(NC(=O)/C=C/CN3CCCCC3)nc2)c1)C(C)C.Cc1cc(C2CC2)n[nH]1. The summed E-state index contributed by atoms with van der Waals surface area (Å²) in [6.45, 7) is 10.9. The molecule has 212 valence electrons. The van der Waals surface area contributed by atoms with Gasteiger partial charge in [0.1, 0.15) is 11.6 Å². The number of piperidine rings is 1. The minimum absolute atomic E-state index is 0.108. The molecule has 2 aliphatic rings. The van der Waals surface area contributed by atoms with E-state index in [2.05, 4.69) is 51.4 Å². The average Bonchev–Trinajstić information content (AvgIpc) is 3.70. The summed E-state index contributed by atoms with van der Waals surface area (Å²) >= 11 is 0. The lowest BCUT2D eigenvalue weighted by atomic mass is 9.84.